The zero-order valence-corrected chi connectivity index (χ0v) is 17.9. The van der Waals surface area contributed by atoms with Crippen molar-refractivity contribution in [1.29, 1.82) is 0 Å². The fourth-order valence-electron chi connectivity index (χ4n) is 2.93. The standard InChI is InChI=1S/C20H13ClFN3O4S2/c21-17-7-8-18(30-17)31(28,29)24-20(27)23-13-5-6-16(15(22)11-13)25-10-9-12-3-1-2-4-14(12)19(25)26/h1-11H,(H2,23,24,27). The van der Waals surface area contributed by atoms with E-state index in [4.69, 9.17) is 11.6 Å². The first-order valence-electron chi connectivity index (χ1n) is 8.74. The molecule has 0 saturated heterocycles. The molecule has 4 rings (SSSR count). The number of halogens is 2. The predicted octanol–water partition coefficient (Wildman–Crippen LogP) is 4.36. The van der Waals surface area contributed by atoms with Crippen LogP contribution in [0.1, 0.15) is 0 Å². The van der Waals surface area contributed by atoms with Crippen LogP contribution in [0.2, 0.25) is 4.34 Å². The first kappa shape index (κ1) is 21.0. The molecule has 0 radical (unpaired) electrons. The second-order valence-corrected chi connectivity index (χ2v) is 9.99. The SMILES string of the molecule is O=C(Nc1ccc(-n2ccc3ccccc3c2=O)c(F)c1)NS(=O)(=O)c1ccc(Cl)s1. The third-order valence-electron chi connectivity index (χ3n) is 4.32. The molecule has 2 aromatic heterocycles. The highest BCUT2D eigenvalue weighted by molar-refractivity contribution is 7.92. The van der Waals surface area contributed by atoms with Crippen LogP contribution < -0.4 is 15.6 Å². The second-order valence-electron chi connectivity index (χ2n) is 6.36. The molecule has 0 aliphatic carbocycles. The van der Waals surface area contributed by atoms with Crippen LogP contribution >= 0.6 is 22.9 Å². The fraction of sp³-hybridized carbons (Fsp3) is 0. The van der Waals surface area contributed by atoms with Gasteiger partial charge >= 0.3 is 6.03 Å². The Balaban J connectivity index is 1.56. The van der Waals surface area contributed by atoms with Crippen LogP contribution in [0, 0.1) is 5.82 Å². The second kappa shape index (κ2) is 8.14. The highest BCUT2D eigenvalue weighted by Crippen LogP contribution is 2.25. The van der Waals surface area contributed by atoms with Crippen molar-refractivity contribution in [3.63, 3.8) is 0 Å². The van der Waals surface area contributed by atoms with Gasteiger partial charge in [-0.25, -0.2) is 22.3 Å². The molecule has 2 heterocycles. The molecular formula is C20H13ClFN3O4S2. The van der Waals surface area contributed by atoms with Crippen molar-refractivity contribution in [2.75, 3.05) is 5.32 Å². The van der Waals surface area contributed by atoms with Gasteiger partial charge in [-0.3, -0.25) is 9.36 Å². The van der Waals surface area contributed by atoms with E-state index in [-0.39, 0.29) is 19.9 Å². The number of pyridine rings is 1. The largest absolute Gasteiger partial charge is 0.333 e. The van der Waals surface area contributed by atoms with Crippen LogP contribution in [0.3, 0.4) is 0 Å². The molecule has 0 aliphatic rings. The lowest BCUT2D eigenvalue weighted by Crippen LogP contribution is -2.34. The number of fused-ring (bicyclic) bond motifs is 1. The van der Waals surface area contributed by atoms with Crippen molar-refractivity contribution >= 4 is 55.5 Å². The molecule has 0 saturated carbocycles. The van der Waals surface area contributed by atoms with Gasteiger partial charge in [0.15, 0.2) is 0 Å². The fourth-order valence-corrected chi connectivity index (χ4v) is 5.32. The Morgan fingerprint density at radius 1 is 1.06 bits per heavy atom. The van der Waals surface area contributed by atoms with Crippen LogP contribution in [0.5, 0.6) is 0 Å². The molecule has 2 N–H and O–H groups in total. The van der Waals surface area contributed by atoms with Crippen LogP contribution in [0.15, 0.2) is 75.9 Å². The van der Waals surface area contributed by atoms with Gasteiger partial charge in [-0.15, -0.1) is 11.3 Å². The van der Waals surface area contributed by atoms with Crippen LogP contribution in [0.25, 0.3) is 16.5 Å². The lowest BCUT2D eigenvalue weighted by atomic mass is 10.1. The average Bonchev–Trinajstić information content (AvgIpc) is 3.16. The molecule has 11 heteroatoms. The van der Waals surface area contributed by atoms with Gasteiger partial charge < -0.3 is 5.32 Å². The van der Waals surface area contributed by atoms with Gasteiger partial charge in [0, 0.05) is 17.3 Å². The minimum absolute atomic E-state index is 0.00648. The van der Waals surface area contributed by atoms with E-state index in [9.17, 15) is 22.4 Å². The number of rotatable bonds is 4. The van der Waals surface area contributed by atoms with E-state index in [2.05, 4.69) is 5.32 Å². The summed E-state index contributed by atoms with van der Waals surface area (Å²) in [5.74, 6) is -0.775. The maximum absolute atomic E-state index is 14.7. The molecule has 0 bridgehead atoms. The summed E-state index contributed by atoms with van der Waals surface area (Å²) < 4.78 is 42.1. The van der Waals surface area contributed by atoms with Gasteiger partial charge in [0.25, 0.3) is 15.6 Å². The Kier molecular flexibility index (Phi) is 5.52. The highest BCUT2D eigenvalue weighted by atomic mass is 35.5. The van der Waals surface area contributed by atoms with E-state index >= 15 is 0 Å². The van der Waals surface area contributed by atoms with Gasteiger partial charge in [-0.2, -0.15) is 0 Å². The third-order valence-corrected chi connectivity index (χ3v) is 7.37. The summed E-state index contributed by atoms with van der Waals surface area (Å²) in [4.78, 5) is 24.7. The number of hydrogen-bond donors (Lipinski definition) is 2. The van der Waals surface area contributed by atoms with E-state index in [1.807, 2.05) is 4.72 Å². The number of aromatic nitrogens is 1. The Hall–Kier alpha value is -3.21. The van der Waals surface area contributed by atoms with Gasteiger partial charge in [-0.05, 0) is 47.9 Å². The molecule has 2 amide bonds. The number of thiophene rings is 1. The summed E-state index contributed by atoms with van der Waals surface area (Å²) in [7, 11) is -4.11. The summed E-state index contributed by atoms with van der Waals surface area (Å²) >= 11 is 6.51. The van der Waals surface area contributed by atoms with E-state index in [1.165, 1.54) is 30.5 Å². The number of sulfonamides is 1. The molecule has 0 aliphatic heterocycles. The van der Waals surface area contributed by atoms with Crippen molar-refractivity contribution in [2.24, 2.45) is 0 Å². The Morgan fingerprint density at radius 2 is 1.84 bits per heavy atom. The Labute approximate surface area is 184 Å². The predicted molar refractivity (Wildman–Crippen MR) is 118 cm³/mol. The minimum Gasteiger partial charge on any atom is -0.307 e. The smallest absolute Gasteiger partial charge is 0.307 e. The van der Waals surface area contributed by atoms with Crippen LogP contribution in [0.4, 0.5) is 14.9 Å². The quantitative estimate of drug-likeness (QED) is 0.456. The number of hydrogen-bond acceptors (Lipinski definition) is 5. The summed E-state index contributed by atoms with van der Waals surface area (Å²) in [6, 6.07) is 13.9. The van der Waals surface area contributed by atoms with Gasteiger partial charge in [0.2, 0.25) is 0 Å². The zero-order valence-electron chi connectivity index (χ0n) is 15.5. The summed E-state index contributed by atoms with van der Waals surface area (Å²) in [5, 5.41) is 3.42. The molecule has 0 spiro atoms. The zero-order chi connectivity index (χ0) is 22.2. The van der Waals surface area contributed by atoms with E-state index in [1.54, 1.807) is 30.3 Å². The third kappa shape index (κ3) is 4.31. The molecule has 2 aromatic carbocycles. The number of benzene rings is 2. The van der Waals surface area contributed by atoms with Gasteiger partial charge in [0.05, 0.1) is 10.0 Å². The molecule has 4 aromatic rings. The first-order valence-corrected chi connectivity index (χ1v) is 11.4. The van der Waals surface area contributed by atoms with Crippen molar-refractivity contribution in [3.8, 4) is 5.69 Å². The number of anilines is 1. The molecule has 0 unspecified atom stereocenters. The molecule has 7 nitrogen and oxygen atoms in total. The van der Waals surface area contributed by atoms with E-state index in [0.717, 1.165) is 27.4 Å². The number of nitrogens with one attached hydrogen (secondary N) is 2. The van der Waals surface area contributed by atoms with Crippen molar-refractivity contribution < 1.29 is 17.6 Å². The number of carbonyl (C=O) groups is 1. The van der Waals surface area contributed by atoms with Gasteiger partial charge in [-0.1, -0.05) is 29.8 Å². The van der Waals surface area contributed by atoms with Crippen LogP contribution in [-0.4, -0.2) is 19.0 Å². The average molecular weight is 478 g/mol. The van der Waals surface area contributed by atoms with Crippen LogP contribution in [-0.2, 0) is 10.0 Å². The number of urea groups is 1. The maximum Gasteiger partial charge on any atom is 0.333 e. The molecular weight excluding hydrogens is 465 g/mol. The lowest BCUT2D eigenvalue weighted by molar-refractivity contribution is 0.256. The summed E-state index contributed by atoms with van der Waals surface area (Å²) in [5.41, 5.74) is -0.397. The summed E-state index contributed by atoms with van der Waals surface area (Å²) in [6.07, 6.45) is 1.46. The first-order chi connectivity index (χ1) is 14.7. The normalized spacial score (nSPS) is 11.4. The van der Waals surface area contributed by atoms with Crippen molar-refractivity contribution in [3.05, 3.63) is 87.4 Å². The van der Waals surface area contributed by atoms with Crippen molar-refractivity contribution in [2.45, 2.75) is 4.21 Å². The Bertz CT molecular complexity index is 1480. The molecule has 0 fully saturated rings. The summed E-state index contributed by atoms with van der Waals surface area (Å²) in [6.45, 7) is 0. The monoisotopic (exact) mass is 477 g/mol. The topological polar surface area (TPSA) is 97.3 Å². The van der Waals surface area contributed by atoms with Gasteiger partial charge in [0.1, 0.15) is 10.0 Å². The Morgan fingerprint density at radius 3 is 2.55 bits per heavy atom. The minimum atomic E-state index is -4.11. The van der Waals surface area contributed by atoms with Crippen molar-refractivity contribution in [1.82, 2.24) is 9.29 Å². The van der Waals surface area contributed by atoms with E-state index in [0.29, 0.717) is 5.39 Å². The number of amides is 2. The molecule has 31 heavy (non-hydrogen) atoms. The molecule has 158 valence electrons. The highest BCUT2D eigenvalue weighted by Gasteiger charge is 2.20. The lowest BCUT2D eigenvalue weighted by Gasteiger charge is -2.11. The number of carbonyl (C=O) groups excluding carboxylic acids is 1. The number of nitrogens with zero attached hydrogens (tertiary/aromatic N) is 1. The molecule has 0 atom stereocenters. The van der Waals surface area contributed by atoms with E-state index < -0.39 is 27.4 Å². The maximum atomic E-state index is 14.7.